The summed E-state index contributed by atoms with van der Waals surface area (Å²) in [4.78, 5) is 2.98. The minimum Gasteiger partial charge on any atom is -0.124 e. The maximum Gasteiger partial charge on any atom is 0.0237 e. The molecule has 0 aliphatic carbocycles. The van der Waals surface area contributed by atoms with Crippen LogP contribution in [-0.4, -0.2) is 11.5 Å². The van der Waals surface area contributed by atoms with Crippen molar-refractivity contribution in [3.8, 4) is 0 Å². The second kappa shape index (κ2) is 3.11. The fraction of sp³-hybridized carbons (Fsp3) is 0.333. The molecular weight excluding hydrogens is 172 g/mol. The van der Waals surface area contributed by atoms with E-state index in [1.165, 1.54) is 26.9 Å². The SMILES string of the molecule is Cc1cccc2c1SCCS2. The van der Waals surface area contributed by atoms with Crippen LogP contribution >= 0.6 is 23.5 Å². The van der Waals surface area contributed by atoms with E-state index < -0.39 is 0 Å². The second-order valence-corrected chi connectivity index (χ2v) is 4.84. The van der Waals surface area contributed by atoms with Gasteiger partial charge in [-0.25, -0.2) is 0 Å². The number of hydrogen-bond acceptors (Lipinski definition) is 2. The zero-order valence-corrected chi connectivity index (χ0v) is 8.10. The molecule has 2 heteroatoms. The monoisotopic (exact) mass is 182 g/mol. The molecule has 2 rings (SSSR count). The van der Waals surface area contributed by atoms with Gasteiger partial charge in [-0.3, -0.25) is 0 Å². The Kier molecular flexibility index (Phi) is 2.14. The predicted octanol–water partition coefficient (Wildman–Crippen LogP) is 3.19. The normalized spacial score (nSPS) is 16.1. The van der Waals surface area contributed by atoms with E-state index in [9.17, 15) is 0 Å². The topological polar surface area (TPSA) is 0 Å². The van der Waals surface area contributed by atoms with Gasteiger partial charge in [0.1, 0.15) is 0 Å². The molecule has 0 saturated heterocycles. The third kappa shape index (κ3) is 1.42. The van der Waals surface area contributed by atoms with Crippen LogP contribution in [0.25, 0.3) is 0 Å². The van der Waals surface area contributed by atoms with Crippen molar-refractivity contribution >= 4 is 23.5 Å². The van der Waals surface area contributed by atoms with Crippen molar-refractivity contribution in [2.45, 2.75) is 16.7 Å². The molecule has 11 heavy (non-hydrogen) atoms. The molecule has 1 aromatic rings. The lowest BCUT2D eigenvalue weighted by atomic mass is 10.2. The fourth-order valence-electron chi connectivity index (χ4n) is 1.22. The maximum absolute atomic E-state index is 2.22. The lowest BCUT2D eigenvalue weighted by Crippen LogP contribution is -1.95. The molecule has 0 saturated carbocycles. The zero-order valence-electron chi connectivity index (χ0n) is 6.46. The molecule has 0 atom stereocenters. The smallest absolute Gasteiger partial charge is 0.0237 e. The first-order valence-corrected chi connectivity index (χ1v) is 5.70. The molecule has 1 aliphatic heterocycles. The second-order valence-electron chi connectivity index (χ2n) is 2.60. The molecule has 1 aromatic carbocycles. The Labute approximate surface area is 75.8 Å². The third-order valence-electron chi connectivity index (χ3n) is 1.76. The molecule has 0 spiro atoms. The molecule has 0 amide bonds. The van der Waals surface area contributed by atoms with Crippen LogP contribution in [0.15, 0.2) is 28.0 Å². The van der Waals surface area contributed by atoms with Crippen LogP contribution in [-0.2, 0) is 0 Å². The van der Waals surface area contributed by atoms with Gasteiger partial charge in [0.05, 0.1) is 0 Å². The standard InChI is InChI=1S/C9H10S2/c1-7-3-2-4-8-9(7)11-6-5-10-8/h2-4H,5-6H2,1H3. The molecule has 0 radical (unpaired) electrons. The summed E-state index contributed by atoms with van der Waals surface area (Å²) in [6, 6.07) is 6.56. The Balaban J connectivity index is 2.49. The number of hydrogen-bond donors (Lipinski definition) is 0. The van der Waals surface area contributed by atoms with Crippen LogP contribution in [0.5, 0.6) is 0 Å². The highest BCUT2D eigenvalue weighted by Gasteiger charge is 2.10. The van der Waals surface area contributed by atoms with Crippen molar-refractivity contribution < 1.29 is 0 Å². The quantitative estimate of drug-likeness (QED) is 0.604. The van der Waals surface area contributed by atoms with Crippen LogP contribution in [0.3, 0.4) is 0 Å². The van der Waals surface area contributed by atoms with E-state index in [1.54, 1.807) is 0 Å². The van der Waals surface area contributed by atoms with Crippen molar-refractivity contribution in [3.63, 3.8) is 0 Å². The van der Waals surface area contributed by atoms with Crippen LogP contribution in [0, 0.1) is 6.92 Å². The van der Waals surface area contributed by atoms with Gasteiger partial charge in [-0.05, 0) is 18.6 Å². The predicted molar refractivity (Wildman–Crippen MR) is 52.6 cm³/mol. The first kappa shape index (κ1) is 7.56. The molecule has 0 aromatic heterocycles. The van der Waals surface area contributed by atoms with Gasteiger partial charge in [-0.2, -0.15) is 0 Å². The Hall–Kier alpha value is -0.0800. The van der Waals surface area contributed by atoms with E-state index in [1.807, 2.05) is 23.5 Å². The molecule has 0 N–H and O–H groups in total. The molecule has 1 aliphatic rings. The van der Waals surface area contributed by atoms with E-state index in [0.29, 0.717) is 0 Å². The zero-order chi connectivity index (χ0) is 7.68. The van der Waals surface area contributed by atoms with Crippen molar-refractivity contribution in [2.24, 2.45) is 0 Å². The van der Waals surface area contributed by atoms with Crippen LogP contribution in [0.1, 0.15) is 5.56 Å². The summed E-state index contributed by atoms with van der Waals surface area (Å²) in [7, 11) is 0. The summed E-state index contributed by atoms with van der Waals surface area (Å²) in [5.41, 5.74) is 1.43. The molecule has 1 heterocycles. The van der Waals surface area contributed by atoms with Crippen molar-refractivity contribution in [2.75, 3.05) is 11.5 Å². The molecule has 0 bridgehead atoms. The Morgan fingerprint density at radius 2 is 2.00 bits per heavy atom. The van der Waals surface area contributed by atoms with Crippen LogP contribution in [0.2, 0.25) is 0 Å². The van der Waals surface area contributed by atoms with Crippen molar-refractivity contribution in [3.05, 3.63) is 23.8 Å². The molecular formula is C9H10S2. The Morgan fingerprint density at radius 3 is 2.82 bits per heavy atom. The average Bonchev–Trinajstić information content (AvgIpc) is 2.06. The minimum atomic E-state index is 1.27. The van der Waals surface area contributed by atoms with Gasteiger partial charge in [0.15, 0.2) is 0 Å². The van der Waals surface area contributed by atoms with Gasteiger partial charge >= 0.3 is 0 Å². The third-order valence-corrected chi connectivity index (χ3v) is 4.45. The number of fused-ring (bicyclic) bond motifs is 1. The lowest BCUT2D eigenvalue weighted by Gasteiger charge is -2.15. The summed E-state index contributed by atoms with van der Waals surface area (Å²) in [6.07, 6.45) is 0. The summed E-state index contributed by atoms with van der Waals surface area (Å²) in [5.74, 6) is 2.53. The van der Waals surface area contributed by atoms with Crippen LogP contribution in [0.4, 0.5) is 0 Å². The van der Waals surface area contributed by atoms with E-state index in [4.69, 9.17) is 0 Å². The molecule has 0 unspecified atom stereocenters. The van der Waals surface area contributed by atoms with Gasteiger partial charge in [0.2, 0.25) is 0 Å². The average molecular weight is 182 g/mol. The number of thioether (sulfide) groups is 2. The number of rotatable bonds is 0. The van der Waals surface area contributed by atoms with Gasteiger partial charge in [-0.15, -0.1) is 23.5 Å². The first-order valence-electron chi connectivity index (χ1n) is 3.73. The molecule has 0 fully saturated rings. The highest BCUT2D eigenvalue weighted by atomic mass is 32.2. The molecule has 0 nitrogen and oxygen atoms in total. The number of aryl methyl sites for hydroxylation is 1. The summed E-state index contributed by atoms with van der Waals surface area (Å²) >= 11 is 3.98. The van der Waals surface area contributed by atoms with Crippen molar-refractivity contribution in [1.29, 1.82) is 0 Å². The first-order chi connectivity index (χ1) is 5.38. The largest absolute Gasteiger partial charge is 0.124 e. The van der Waals surface area contributed by atoms with E-state index >= 15 is 0 Å². The van der Waals surface area contributed by atoms with E-state index in [-0.39, 0.29) is 0 Å². The molecule has 58 valence electrons. The van der Waals surface area contributed by atoms with Gasteiger partial charge < -0.3 is 0 Å². The lowest BCUT2D eigenvalue weighted by molar-refractivity contribution is 1.15. The summed E-state index contributed by atoms with van der Waals surface area (Å²) < 4.78 is 0. The van der Waals surface area contributed by atoms with Gasteiger partial charge in [0.25, 0.3) is 0 Å². The van der Waals surface area contributed by atoms with Crippen molar-refractivity contribution in [1.82, 2.24) is 0 Å². The highest BCUT2D eigenvalue weighted by Crippen LogP contribution is 2.38. The highest BCUT2D eigenvalue weighted by molar-refractivity contribution is 8.05. The fourth-order valence-corrected chi connectivity index (χ4v) is 3.64. The maximum atomic E-state index is 2.22. The van der Waals surface area contributed by atoms with E-state index in [0.717, 1.165) is 0 Å². The Morgan fingerprint density at radius 1 is 1.18 bits per heavy atom. The van der Waals surface area contributed by atoms with E-state index in [2.05, 4.69) is 25.1 Å². The van der Waals surface area contributed by atoms with Gasteiger partial charge in [-0.1, -0.05) is 12.1 Å². The minimum absolute atomic E-state index is 1.27. The van der Waals surface area contributed by atoms with Crippen LogP contribution < -0.4 is 0 Å². The summed E-state index contributed by atoms with van der Waals surface area (Å²) in [6.45, 7) is 2.19. The summed E-state index contributed by atoms with van der Waals surface area (Å²) in [5, 5.41) is 0. The Bertz CT molecular complexity index is 268. The number of benzene rings is 1. The van der Waals surface area contributed by atoms with Gasteiger partial charge in [0, 0.05) is 21.3 Å².